The lowest BCUT2D eigenvalue weighted by Gasteiger charge is -2.10. The second-order valence-corrected chi connectivity index (χ2v) is 2.91. The van der Waals surface area contributed by atoms with Crippen molar-refractivity contribution in [2.45, 2.75) is 26.4 Å². The molecule has 4 nitrogen and oxygen atoms in total. The van der Waals surface area contributed by atoms with Gasteiger partial charge in [0.1, 0.15) is 0 Å². The summed E-state index contributed by atoms with van der Waals surface area (Å²) in [5.74, 6) is -0.217. The number of nitrogens with zero attached hydrogens (tertiary/aromatic N) is 1. The van der Waals surface area contributed by atoms with Crippen LogP contribution in [0.15, 0.2) is 17.1 Å². The highest BCUT2D eigenvalue weighted by atomic mass is 16.3. The fourth-order valence-electron chi connectivity index (χ4n) is 1.23. The highest BCUT2D eigenvalue weighted by Crippen LogP contribution is 2.05. The largest absolute Gasteiger partial charge is 0.503 e. The Bertz CT molecular complexity index is 344. The van der Waals surface area contributed by atoms with Crippen LogP contribution in [0.5, 0.6) is 5.75 Å². The Kier molecular flexibility index (Phi) is 3.08. The van der Waals surface area contributed by atoms with Crippen molar-refractivity contribution in [3.63, 3.8) is 0 Å². The lowest BCUT2D eigenvalue weighted by molar-refractivity contribution is 0.457. The lowest BCUT2D eigenvalue weighted by Crippen LogP contribution is -2.15. The molecule has 1 heterocycles. The number of hydrogen-bond acceptors (Lipinski definition) is 3. The van der Waals surface area contributed by atoms with Crippen LogP contribution in [0.2, 0.25) is 0 Å². The van der Waals surface area contributed by atoms with E-state index in [1.807, 2.05) is 6.92 Å². The third-order valence-electron chi connectivity index (χ3n) is 1.87. The van der Waals surface area contributed by atoms with E-state index < -0.39 is 0 Å². The average Bonchev–Trinajstić information content (AvgIpc) is 2.11. The summed E-state index contributed by atoms with van der Waals surface area (Å²) < 4.78 is 1.80. The molecule has 0 saturated carbocycles. The molecule has 13 heavy (non-hydrogen) atoms. The zero-order valence-electron chi connectivity index (χ0n) is 7.66. The quantitative estimate of drug-likeness (QED) is 0.712. The van der Waals surface area contributed by atoms with Gasteiger partial charge >= 0.3 is 0 Å². The van der Waals surface area contributed by atoms with E-state index in [-0.39, 0.29) is 11.2 Å². The second kappa shape index (κ2) is 4.09. The zero-order chi connectivity index (χ0) is 9.84. The molecule has 4 heteroatoms. The molecule has 72 valence electrons. The van der Waals surface area contributed by atoms with Crippen LogP contribution in [0, 0.1) is 0 Å². The van der Waals surface area contributed by atoms with Crippen molar-refractivity contribution in [2.24, 2.45) is 5.73 Å². The topological polar surface area (TPSA) is 68.2 Å². The van der Waals surface area contributed by atoms with Gasteiger partial charge in [-0.2, -0.15) is 0 Å². The molecule has 0 aliphatic carbocycles. The van der Waals surface area contributed by atoms with Crippen LogP contribution in [0.3, 0.4) is 0 Å². The number of rotatable bonds is 3. The van der Waals surface area contributed by atoms with Crippen LogP contribution < -0.4 is 11.2 Å². The van der Waals surface area contributed by atoms with E-state index in [0.29, 0.717) is 6.54 Å². The molecule has 1 aromatic heterocycles. The molecule has 0 fully saturated rings. The maximum atomic E-state index is 11.0. The summed E-state index contributed by atoms with van der Waals surface area (Å²) in [5.41, 5.74) is 5.85. The molecule has 0 aliphatic rings. The monoisotopic (exact) mass is 182 g/mol. The highest BCUT2D eigenvalue weighted by Gasteiger charge is 2.02. The minimum Gasteiger partial charge on any atom is -0.503 e. The Labute approximate surface area is 76.6 Å². The number of pyridine rings is 1. The van der Waals surface area contributed by atoms with Crippen LogP contribution in [-0.4, -0.2) is 9.67 Å². The molecule has 0 spiro atoms. The number of aromatic nitrogens is 1. The van der Waals surface area contributed by atoms with E-state index in [1.54, 1.807) is 4.57 Å². The van der Waals surface area contributed by atoms with Crippen LogP contribution in [-0.2, 0) is 13.1 Å². The third kappa shape index (κ3) is 2.09. The number of aromatic hydroxyl groups is 1. The smallest absolute Gasteiger partial charge is 0.223 e. The normalized spacial score (nSPS) is 10.3. The summed E-state index contributed by atoms with van der Waals surface area (Å²) in [6, 6.07) is 1.38. The van der Waals surface area contributed by atoms with Crippen LogP contribution in [0.4, 0.5) is 0 Å². The first kappa shape index (κ1) is 9.80. The van der Waals surface area contributed by atoms with E-state index >= 15 is 0 Å². The van der Waals surface area contributed by atoms with Crippen molar-refractivity contribution in [3.8, 4) is 5.75 Å². The molecule has 0 atom stereocenters. The molecule has 0 saturated heterocycles. The van der Waals surface area contributed by atoms with E-state index in [4.69, 9.17) is 5.73 Å². The van der Waals surface area contributed by atoms with Gasteiger partial charge in [0.25, 0.3) is 0 Å². The van der Waals surface area contributed by atoms with E-state index in [9.17, 15) is 9.90 Å². The van der Waals surface area contributed by atoms with Crippen molar-refractivity contribution in [2.75, 3.05) is 0 Å². The Balaban J connectivity index is 3.16. The van der Waals surface area contributed by atoms with E-state index in [2.05, 4.69) is 0 Å². The Hall–Kier alpha value is -1.29. The first-order valence-electron chi connectivity index (χ1n) is 4.31. The van der Waals surface area contributed by atoms with E-state index in [1.165, 1.54) is 12.3 Å². The molecule has 1 rings (SSSR count). The molecule has 0 aromatic carbocycles. The second-order valence-electron chi connectivity index (χ2n) is 2.91. The lowest BCUT2D eigenvalue weighted by atomic mass is 10.3. The van der Waals surface area contributed by atoms with Crippen molar-refractivity contribution in [1.82, 2.24) is 4.57 Å². The maximum absolute atomic E-state index is 11.0. The molecular weight excluding hydrogens is 168 g/mol. The molecular formula is C9H14N2O2. The van der Waals surface area contributed by atoms with Gasteiger partial charge in [-0.15, -0.1) is 0 Å². The standard InChI is InChI=1S/C9H14N2O2/c1-2-3-11-6-9(13)8(12)4-7(11)5-10/h4,6,13H,2-3,5,10H2,1H3. The summed E-state index contributed by atoms with van der Waals surface area (Å²) in [6.07, 6.45) is 2.38. The van der Waals surface area contributed by atoms with Crippen molar-refractivity contribution in [1.29, 1.82) is 0 Å². The molecule has 3 N–H and O–H groups in total. The van der Waals surface area contributed by atoms with Crippen LogP contribution in [0.1, 0.15) is 19.0 Å². The molecule has 1 aromatic rings. The van der Waals surface area contributed by atoms with Gasteiger partial charge in [-0.1, -0.05) is 6.92 Å². The minimum absolute atomic E-state index is 0.217. The predicted molar refractivity (Wildman–Crippen MR) is 50.5 cm³/mol. The van der Waals surface area contributed by atoms with Crippen LogP contribution >= 0.6 is 0 Å². The third-order valence-corrected chi connectivity index (χ3v) is 1.87. The van der Waals surface area contributed by atoms with Gasteiger partial charge in [0.15, 0.2) is 5.75 Å². The first-order chi connectivity index (χ1) is 6.19. The van der Waals surface area contributed by atoms with Gasteiger partial charge < -0.3 is 15.4 Å². The molecule has 0 amide bonds. The summed E-state index contributed by atoms with van der Waals surface area (Å²) in [4.78, 5) is 11.0. The minimum atomic E-state index is -0.368. The van der Waals surface area contributed by atoms with E-state index in [0.717, 1.165) is 18.7 Å². The Morgan fingerprint density at radius 1 is 1.62 bits per heavy atom. The SMILES string of the molecule is CCCn1cc(O)c(=O)cc1CN. The van der Waals surface area contributed by atoms with Gasteiger partial charge in [0, 0.05) is 24.8 Å². The fraction of sp³-hybridized carbons (Fsp3) is 0.444. The predicted octanol–water partition coefficient (Wildman–Crippen LogP) is 0.423. The van der Waals surface area contributed by atoms with Gasteiger partial charge in [0.2, 0.25) is 5.43 Å². The van der Waals surface area contributed by atoms with Gasteiger partial charge in [0.05, 0.1) is 6.20 Å². The summed E-state index contributed by atoms with van der Waals surface area (Å²) in [5, 5.41) is 9.17. The van der Waals surface area contributed by atoms with Crippen molar-refractivity contribution in [3.05, 3.63) is 28.2 Å². The van der Waals surface area contributed by atoms with Gasteiger partial charge in [-0.25, -0.2) is 0 Å². The summed E-state index contributed by atoms with van der Waals surface area (Å²) in [7, 11) is 0. The van der Waals surface area contributed by atoms with Crippen molar-refractivity contribution < 1.29 is 5.11 Å². The highest BCUT2D eigenvalue weighted by molar-refractivity contribution is 5.20. The zero-order valence-corrected chi connectivity index (χ0v) is 7.66. The van der Waals surface area contributed by atoms with Crippen LogP contribution in [0.25, 0.3) is 0 Å². The molecule has 0 radical (unpaired) electrons. The Morgan fingerprint density at radius 3 is 2.85 bits per heavy atom. The number of hydrogen-bond donors (Lipinski definition) is 2. The average molecular weight is 182 g/mol. The Morgan fingerprint density at radius 2 is 2.31 bits per heavy atom. The van der Waals surface area contributed by atoms with Crippen molar-refractivity contribution >= 4 is 0 Å². The number of aryl methyl sites for hydroxylation is 1. The molecule has 0 aliphatic heterocycles. The summed E-state index contributed by atoms with van der Waals surface area (Å²) in [6.45, 7) is 3.10. The van der Waals surface area contributed by atoms with Gasteiger partial charge in [-0.3, -0.25) is 4.79 Å². The first-order valence-corrected chi connectivity index (χ1v) is 4.31. The maximum Gasteiger partial charge on any atom is 0.223 e. The molecule has 0 bridgehead atoms. The summed E-state index contributed by atoms with van der Waals surface area (Å²) >= 11 is 0. The number of nitrogens with two attached hydrogens (primary N) is 1. The van der Waals surface area contributed by atoms with Gasteiger partial charge in [-0.05, 0) is 6.42 Å². The fourth-order valence-corrected chi connectivity index (χ4v) is 1.23. The molecule has 0 unspecified atom stereocenters.